The molecule has 0 heterocycles. The van der Waals surface area contributed by atoms with Gasteiger partial charge in [0, 0.05) is 6.54 Å². The van der Waals surface area contributed by atoms with Crippen LogP contribution >= 0.6 is 0 Å². The zero-order valence-corrected chi connectivity index (χ0v) is 8.00. The third-order valence-electron chi connectivity index (χ3n) is 1.86. The molecule has 1 unspecified atom stereocenters. The molecule has 1 aromatic carbocycles. The molecule has 0 amide bonds. The van der Waals surface area contributed by atoms with E-state index >= 15 is 0 Å². The van der Waals surface area contributed by atoms with Crippen molar-refractivity contribution in [3.8, 4) is 0 Å². The highest BCUT2D eigenvalue weighted by molar-refractivity contribution is 5.46. The molecule has 0 aliphatic heterocycles. The fourth-order valence-electron chi connectivity index (χ4n) is 1.06. The van der Waals surface area contributed by atoms with E-state index in [1.165, 1.54) is 6.07 Å². The lowest BCUT2D eigenvalue weighted by Crippen LogP contribution is -2.23. The summed E-state index contributed by atoms with van der Waals surface area (Å²) in [6.45, 7) is 1.60. The molecule has 0 saturated carbocycles. The molecular weight excluding hydrogens is 185 g/mol. The fourth-order valence-corrected chi connectivity index (χ4v) is 1.06. The molecule has 0 aliphatic carbocycles. The van der Waals surface area contributed by atoms with Gasteiger partial charge in [0.15, 0.2) is 0 Å². The topological polar surface area (TPSA) is 52.5 Å². The van der Waals surface area contributed by atoms with Gasteiger partial charge in [0.2, 0.25) is 0 Å². The van der Waals surface area contributed by atoms with E-state index in [0.717, 1.165) is 5.56 Å². The van der Waals surface area contributed by atoms with Gasteiger partial charge in [-0.05, 0) is 24.6 Å². The molecule has 0 radical (unpaired) electrons. The minimum absolute atomic E-state index is 0.135. The molecule has 0 saturated heterocycles. The predicted molar refractivity (Wildman–Crippen MR) is 52.7 cm³/mol. The van der Waals surface area contributed by atoms with Crippen LogP contribution in [0, 0.1) is 12.7 Å². The first-order chi connectivity index (χ1) is 6.63. The molecule has 3 nitrogen and oxygen atoms in total. The first-order valence-corrected chi connectivity index (χ1v) is 4.42. The van der Waals surface area contributed by atoms with E-state index in [4.69, 9.17) is 10.2 Å². The summed E-state index contributed by atoms with van der Waals surface area (Å²) in [4.78, 5) is 0. The minimum Gasteiger partial charge on any atom is -0.394 e. The molecular formula is C10H14FNO2. The summed E-state index contributed by atoms with van der Waals surface area (Å²) in [6.07, 6.45) is -0.865. The Morgan fingerprint density at radius 2 is 2.21 bits per heavy atom. The Bertz CT molecular complexity index is 304. The zero-order valence-electron chi connectivity index (χ0n) is 8.00. The summed E-state index contributed by atoms with van der Waals surface area (Å²) in [5.74, 6) is -0.352. The summed E-state index contributed by atoms with van der Waals surface area (Å²) >= 11 is 0. The largest absolute Gasteiger partial charge is 0.394 e. The first-order valence-electron chi connectivity index (χ1n) is 4.42. The summed E-state index contributed by atoms with van der Waals surface area (Å²) < 4.78 is 13.2. The van der Waals surface area contributed by atoms with Crippen molar-refractivity contribution >= 4 is 5.69 Å². The lowest BCUT2D eigenvalue weighted by Gasteiger charge is -2.11. The van der Waals surface area contributed by atoms with Gasteiger partial charge in [-0.25, -0.2) is 4.39 Å². The minimum atomic E-state index is -0.865. The van der Waals surface area contributed by atoms with E-state index in [1.807, 2.05) is 0 Å². The number of anilines is 1. The maximum absolute atomic E-state index is 13.2. The van der Waals surface area contributed by atoms with Gasteiger partial charge in [-0.2, -0.15) is 0 Å². The predicted octanol–water partition coefficient (Wildman–Crippen LogP) is 0.899. The Balaban J connectivity index is 2.59. The highest BCUT2D eigenvalue weighted by Crippen LogP contribution is 2.14. The van der Waals surface area contributed by atoms with Crippen LogP contribution in [0.5, 0.6) is 0 Å². The molecule has 14 heavy (non-hydrogen) atoms. The van der Waals surface area contributed by atoms with E-state index in [0.29, 0.717) is 5.69 Å². The average Bonchev–Trinajstić information content (AvgIpc) is 2.16. The van der Waals surface area contributed by atoms with Crippen LogP contribution in [0.2, 0.25) is 0 Å². The van der Waals surface area contributed by atoms with Crippen molar-refractivity contribution in [1.29, 1.82) is 0 Å². The molecule has 3 N–H and O–H groups in total. The third kappa shape index (κ3) is 2.97. The van der Waals surface area contributed by atoms with E-state index < -0.39 is 6.10 Å². The zero-order chi connectivity index (χ0) is 10.6. The van der Waals surface area contributed by atoms with Crippen molar-refractivity contribution < 1.29 is 14.6 Å². The summed E-state index contributed by atoms with van der Waals surface area (Å²) in [5.41, 5.74) is 1.18. The second-order valence-corrected chi connectivity index (χ2v) is 3.20. The standard InChI is InChI=1S/C10H14FNO2/c1-7-2-3-10(9(11)4-7)12-5-8(14)6-13/h2-4,8,12-14H,5-6H2,1H3. The Hall–Kier alpha value is -1.13. The molecule has 1 aromatic rings. The van der Waals surface area contributed by atoms with Crippen LogP contribution in [0.3, 0.4) is 0 Å². The number of benzene rings is 1. The third-order valence-corrected chi connectivity index (χ3v) is 1.86. The molecule has 0 aromatic heterocycles. The molecule has 0 aliphatic rings. The number of aliphatic hydroxyl groups is 2. The van der Waals surface area contributed by atoms with Gasteiger partial charge in [0.05, 0.1) is 18.4 Å². The van der Waals surface area contributed by atoms with E-state index in [9.17, 15) is 4.39 Å². The first kappa shape index (κ1) is 10.9. The number of aliphatic hydroxyl groups excluding tert-OH is 2. The average molecular weight is 199 g/mol. The fraction of sp³-hybridized carbons (Fsp3) is 0.400. The van der Waals surface area contributed by atoms with Crippen LogP contribution in [0.25, 0.3) is 0 Å². The Morgan fingerprint density at radius 3 is 2.79 bits per heavy atom. The lowest BCUT2D eigenvalue weighted by atomic mass is 10.2. The van der Waals surface area contributed by atoms with Crippen molar-refractivity contribution in [2.75, 3.05) is 18.5 Å². The highest BCUT2D eigenvalue weighted by Gasteiger charge is 2.04. The van der Waals surface area contributed by atoms with Crippen LogP contribution in [0.1, 0.15) is 5.56 Å². The molecule has 4 heteroatoms. The molecule has 0 spiro atoms. The SMILES string of the molecule is Cc1ccc(NCC(O)CO)c(F)c1. The number of aryl methyl sites for hydroxylation is 1. The van der Waals surface area contributed by atoms with Crippen LogP contribution in [0.15, 0.2) is 18.2 Å². The van der Waals surface area contributed by atoms with E-state index in [2.05, 4.69) is 5.32 Å². The van der Waals surface area contributed by atoms with Crippen molar-refractivity contribution in [2.24, 2.45) is 0 Å². The second-order valence-electron chi connectivity index (χ2n) is 3.20. The van der Waals surface area contributed by atoms with Gasteiger partial charge in [0.1, 0.15) is 5.82 Å². The monoisotopic (exact) mass is 199 g/mol. The van der Waals surface area contributed by atoms with Gasteiger partial charge < -0.3 is 15.5 Å². The number of hydrogen-bond donors (Lipinski definition) is 3. The maximum atomic E-state index is 13.2. The van der Waals surface area contributed by atoms with Crippen LogP contribution in [-0.2, 0) is 0 Å². The second kappa shape index (κ2) is 4.93. The van der Waals surface area contributed by atoms with Gasteiger partial charge in [-0.1, -0.05) is 6.07 Å². The Labute approximate surface area is 82.2 Å². The van der Waals surface area contributed by atoms with Gasteiger partial charge in [0.25, 0.3) is 0 Å². The summed E-state index contributed by atoms with van der Waals surface area (Å²) in [6, 6.07) is 4.79. The molecule has 0 bridgehead atoms. The van der Waals surface area contributed by atoms with Crippen molar-refractivity contribution in [2.45, 2.75) is 13.0 Å². The highest BCUT2D eigenvalue weighted by atomic mass is 19.1. The molecule has 1 atom stereocenters. The summed E-state index contributed by atoms with van der Waals surface area (Å²) in [7, 11) is 0. The normalized spacial score (nSPS) is 12.6. The van der Waals surface area contributed by atoms with Gasteiger partial charge in [-0.3, -0.25) is 0 Å². The van der Waals surface area contributed by atoms with Crippen molar-refractivity contribution in [1.82, 2.24) is 0 Å². The number of halogens is 1. The molecule has 78 valence electrons. The van der Waals surface area contributed by atoms with Crippen molar-refractivity contribution in [3.05, 3.63) is 29.6 Å². The smallest absolute Gasteiger partial charge is 0.146 e. The van der Waals surface area contributed by atoms with E-state index in [1.54, 1.807) is 19.1 Å². The van der Waals surface area contributed by atoms with Crippen LogP contribution in [0.4, 0.5) is 10.1 Å². The quantitative estimate of drug-likeness (QED) is 0.675. The van der Waals surface area contributed by atoms with Gasteiger partial charge >= 0.3 is 0 Å². The van der Waals surface area contributed by atoms with Gasteiger partial charge in [-0.15, -0.1) is 0 Å². The molecule has 0 fully saturated rings. The van der Waals surface area contributed by atoms with Crippen molar-refractivity contribution in [3.63, 3.8) is 0 Å². The van der Waals surface area contributed by atoms with Crippen LogP contribution in [-0.4, -0.2) is 29.5 Å². The number of rotatable bonds is 4. The number of nitrogens with one attached hydrogen (secondary N) is 1. The number of hydrogen-bond acceptors (Lipinski definition) is 3. The Morgan fingerprint density at radius 1 is 1.50 bits per heavy atom. The molecule has 1 rings (SSSR count). The van der Waals surface area contributed by atoms with Crippen LogP contribution < -0.4 is 5.32 Å². The lowest BCUT2D eigenvalue weighted by molar-refractivity contribution is 0.105. The Kier molecular flexibility index (Phi) is 3.85. The van der Waals surface area contributed by atoms with E-state index in [-0.39, 0.29) is 19.0 Å². The summed E-state index contributed by atoms with van der Waals surface area (Å²) in [5, 5.41) is 20.3. The maximum Gasteiger partial charge on any atom is 0.146 e.